The highest BCUT2D eigenvalue weighted by Gasteiger charge is 1.99. The molecule has 0 fully saturated rings. The molecule has 0 bridgehead atoms. The van der Waals surface area contributed by atoms with Crippen molar-refractivity contribution in [2.75, 3.05) is 0 Å². The van der Waals surface area contributed by atoms with Crippen LogP contribution in [0.4, 0.5) is 9.59 Å². The molecule has 0 atom stereocenters. The number of azo groups is 1. The predicted molar refractivity (Wildman–Crippen MR) is 43.0 cm³/mol. The van der Waals surface area contributed by atoms with Crippen molar-refractivity contribution in [2.24, 2.45) is 10.2 Å². The summed E-state index contributed by atoms with van der Waals surface area (Å²) >= 11 is 0. The van der Waals surface area contributed by atoms with Gasteiger partial charge >= 0.3 is 12.2 Å². The van der Waals surface area contributed by atoms with Crippen LogP contribution in [0.1, 0.15) is 13.3 Å². The van der Waals surface area contributed by atoms with Gasteiger partial charge in [0.25, 0.3) is 0 Å². The van der Waals surface area contributed by atoms with Crippen LogP contribution >= 0.6 is 0 Å². The van der Waals surface area contributed by atoms with E-state index in [-0.39, 0.29) is 0 Å². The number of nitrogens with zero attached hydrogens (tertiary/aromatic N) is 2. The van der Waals surface area contributed by atoms with E-state index < -0.39 is 21.9 Å². The number of carbonyl (C=O) groups excluding carboxylic acids is 1. The van der Waals surface area contributed by atoms with E-state index >= 15 is 0 Å². The van der Waals surface area contributed by atoms with Crippen molar-refractivity contribution in [3.63, 3.8) is 0 Å². The summed E-state index contributed by atoms with van der Waals surface area (Å²) < 4.78 is 4.61. The van der Waals surface area contributed by atoms with Crippen LogP contribution in [0.2, 0.25) is 6.04 Å². The lowest BCUT2D eigenvalue weighted by Crippen LogP contribution is -2.03. The summed E-state index contributed by atoms with van der Waals surface area (Å²) in [6.07, 6.45) is -1.45. The van der Waals surface area contributed by atoms with Crippen LogP contribution in [0.25, 0.3) is 0 Å². The zero-order valence-electron chi connectivity index (χ0n) is 6.69. The zero-order chi connectivity index (χ0) is 9.40. The van der Waals surface area contributed by atoms with Gasteiger partial charge < -0.3 is 9.53 Å². The van der Waals surface area contributed by atoms with Gasteiger partial charge in [-0.05, 0) is 6.04 Å². The van der Waals surface area contributed by atoms with Crippen molar-refractivity contribution in [2.45, 2.75) is 19.4 Å². The van der Waals surface area contributed by atoms with Crippen LogP contribution in [0.5, 0.6) is 0 Å². The molecule has 0 unspecified atom stereocenters. The molecule has 0 spiro atoms. The smallest absolute Gasteiger partial charge is 0.450 e. The molecule has 0 rings (SSSR count). The molecule has 0 aromatic carbocycles. The average molecular weight is 190 g/mol. The topological polar surface area (TPSA) is 88.3 Å². The molecule has 0 aliphatic rings. The van der Waals surface area contributed by atoms with E-state index in [9.17, 15) is 9.59 Å². The minimum absolute atomic E-state index is 0.869. The number of amides is 2. The van der Waals surface area contributed by atoms with Gasteiger partial charge in [-0.1, -0.05) is 23.6 Å². The Morgan fingerprint density at radius 2 is 2.17 bits per heavy atom. The minimum Gasteiger partial charge on any atom is -0.507 e. The fourth-order valence-electron chi connectivity index (χ4n) is 0.416. The summed E-state index contributed by atoms with van der Waals surface area (Å²) in [6, 6.07) is 0.869. The van der Waals surface area contributed by atoms with Crippen LogP contribution < -0.4 is 0 Å². The second-order valence-corrected chi connectivity index (χ2v) is 3.35. The summed E-state index contributed by atoms with van der Waals surface area (Å²) in [4.78, 5) is 20.3. The van der Waals surface area contributed by atoms with Crippen molar-refractivity contribution in [3.05, 3.63) is 0 Å². The lowest BCUT2D eigenvalue weighted by Gasteiger charge is -1.95. The molecule has 0 aliphatic carbocycles. The van der Waals surface area contributed by atoms with Gasteiger partial charge in [-0.2, -0.15) is 0 Å². The quantitative estimate of drug-likeness (QED) is 0.411. The third kappa shape index (κ3) is 6.87. The van der Waals surface area contributed by atoms with E-state index in [1.165, 1.54) is 0 Å². The molecule has 0 saturated carbocycles. The van der Waals surface area contributed by atoms with Crippen LogP contribution in [0.3, 0.4) is 0 Å². The highest BCUT2D eigenvalue weighted by atomic mass is 28.2. The first-order chi connectivity index (χ1) is 5.66. The van der Waals surface area contributed by atoms with E-state index in [0.717, 1.165) is 12.5 Å². The molecule has 0 aromatic rings. The molecule has 68 valence electrons. The van der Waals surface area contributed by atoms with Gasteiger partial charge in [0.2, 0.25) is 9.76 Å². The Morgan fingerprint density at radius 1 is 1.50 bits per heavy atom. The van der Waals surface area contributed by atoms with Gasteiger partial charge in [-0.15, -0.1) is 0 Å². The van der Waals surface area contributed by atoms with Crippen LogP contribution in [-0.4, -0.2) is 27.1 Å². The maximum absolute atomic E-state index is 10.5. The number of carboxylic acid groups (broad SMARTS) is 1. The Hall–Kier alpha value is -1.24. The minimum atomic E-state index is -1.50. The van der Waals surface area contributed by atoms with Gasteiger partial charge in [0.1, 0.15) is 0 Å². The molecule has 6 nitrogen and oxygen atoms in total. The summed E-state index contributed by atoms with van der Waals surface area (Å²) in [6.45, 7) is 1.97. The first-order valence-corrected chi connectivity index (χ1v) is 5.06. The number of carbonyl (C=O) groups is 2. The van der Waals surface area contributed by atoms with Gasteiger partial charge in [0.05, 0.1) is 0 Å². The van der Waals surface area contributed by atoms with Gasteiger partial charge in [0.15, 0.2) is 0 Å². The molecule has 0 radical (unpaired) electrons. The standard InChI is InChI=1S/C5H10N2O4Si/c1-2-3-12-11-5(10)7-6-4(8)9/h2-3,12H2,1H3,(H,8,9). The van der Waals surface area contributed by atoms with E-state index in [1.807, 2.05) is 6.92 Å². The van der Waals surface area contributed by atoms with Crippen LogP contribution in [-0.2, 0) is 4.43 Å². The lowest BCUT2D eigenvalue weighted by molar-refractivity contribution is 0.197. The Bertz CT molecular complexity index is 194. The summed E-state index contributed by atoms with van der Waals surface area (Å²) in [5.74, 6) is 0. The van der Waals surface area contributed by atoms with Crippen LogP contribution in [0, 0.1) is 0 Å². The highest BCUT2D eigenvalue weighted by Crippen LogP contribution is 1.90. The SMILES string of the molecule is CCC[SiH2]OC(=O)N=NC(=O)O. The molecule has 0 aromatic heterocycles. The first kappa shape index (κ1) is 10.8. The second-order valence-electron chi connectivity index (χ2n) is 1.95. The number of hydrogen-bond donors (Lipinski definition) is 1. The average Bonchev–Trinajstić information content (AvgIpc) is 2.01. The molecule has 0 aliphatic heterocycles. The maximum Gasteiger partial charge on any atom is 0.450 e. The van der Waals surface area contributed by atoms with Crippen molar-refractivity contribution in [1.29, 1.82) is 0 Å². The third-order valence-corrected chi connectivity index (χ3v) is 2.39. The summed E-state index contributed by atoms with van der Waals surface area (Å²) in [5.41, 5.74) is 0. The van der Waals surface area contributed by atoms with Crippen molar-refractivity contribution in [1.82, 2.24) is 0 Å². The first-order valence-electron chi connectivity index (χ1n) is 3.48. The molecular formula is C5H10N2O4Si. The van der Waals surface area contributed by atoms with E-state index in [2.05, 4.69) is 14.7 Å². The molecule has 0 heterocycles. The van der Waals surface area contributed by atoms with Gasteiger partial charge in [-0.3, -0.25) is 0 Å². The largest absolute Gasteiger partial charge is 0.507 e. The molecule has 0 saturated heterocycles. The number of hydrogen-bond acceptors (Lipinski definition) is 3. The van der Waals surface area contributed by atoms with E-state index in [0.29, 0.717) is 0 Å². The second kappa shape index (κ2) is 6.47. The normalized spacial score (nSPS) is 11.1. The predicted octanol–water partition coefficient (Wildman–Crippen LogP) is 1.17. The monoisotopic (exact) mass is 190 g/mol. The third-order valence-electron chi connectivity index (χ3n) is 0.941. The van der Waals surface area contributed by atoms with Crippen molar-refractivity contribution >= 4 is 21.9 Å². The summed E-state index contributed by atoms with van der Waals surface area (Å²) in [7, 11) is -0.877. The highest BCUT2D eigenvalue weighted by molar-refractivity contribution is 6.30. The van der Waals surface area contributed by atoms with E-state index in [4.69, 9.17) is 5.11 Å². The lowest BCUT2D eigenvalue weighted by atomic mass is 10.6. The molecule has 2 amide bonds. The van der Waals surface area contributed by atoms with Crippen LogP contribution in [0.15, 0.2) is 10.2 Å². The Kier molecular flexibility index (Phi) is 5.80. The van der Waals surface area contributed by atoms with Gasteiger partial charge in [-0.25, -0.2) is 9.59 Å². The van der Waals surface area contributed by atoms with Gasteiger partial charge in [0, 0.05) is 0 Å². The zero-order valence-corrected chi connectivity index (χ0v) is 8.10. The van der Waals surface area contributed by atoms with Crippen molar-refractivity contribution < 1.29 is 19.1 Å². The Morgan fingerprint density at radius 3 is 2.67 bits per heavy atom. The fourth-order valence-corrected chi connectivity index (χ4v) is 1.08. The Labute approximate surface area is 71.6 Å². The molecule has 12 heavy (non-hydrogen) atoms. The van der Waals surface area contributed by atoms with E-state index in [1.54, 1.807) is 0 Å². The molecule has 1 N–H and O–H groups in total. The molecule has 7 heteroatoms. The fraction of sp³-hybridized carbons (Fsp3) is 0.600. The summed E-state index contributed by atoms with van der Waals surface area (Å²) in [5, 5.41) is 13.4. The Balaban J connectivity index is 3.53. The maximum atomic E-state index is 10.5. The van der Waals surface area contributed by atoms with Crippen molar-refractivity contribution in [3.8, 4) is 0 Å². The molecular weight excluding hydrogens is 180 g/mol. The number of rotatable bonds is 3.